The van der Waals surface area contributed by atoms with Crippen LogP contribution in [-0.4, -0.2) is 12.5 Å². The van der Waals surface area contributed by atoms with E-state index in [2.05, 4.69) is 11.9 Å². The summed E-state index contributed by atoms with van der Waals surface area (Å²) in [5.41, 5.74) is 0. The maximum absolute atomic E-state index is 10.2. The number of amides is 1. The van der Waals surface area contributed by atoms with Gasteiger partial charge in [-0.3, -0.25) is 4.79 Å². The number of hydrogen-bond donors (Lipinski definition) is 1. The fourth-order valence-electron chi connectivity index (χ4n) is 0.246. The fraction of sp³-hybridized carbons (Fsp3) is 0.625. The van der Waals surface area contributed by atoms with Crippen LogP contribution in [0, 0.1) is 0 Å². The maximum Gasteiger partial charge on any atom is 0.243 e. The molecular formula is C8H21NO. The van der Waals surface area contributed by atoms with Gasteiger partial charge in [-0.15, -0.1) is 0 Å². The summed E-state index contributed by atoms with van der Waals surface area (Å²) in [5, 5.41) is 2.54. The summed E-state index contributed by atoms with van der Waals surface area (Å²) in [7, 11) is 0. The Morgan fingerprint density at radius 2 is 1.90 bits per heavy atom. The van der Waals surface area contributed by atoms with Gasteiger partial charge < -0.3 is 5.32 Å². The molecule has 0 aliphatic heterocycles. The molecule has 0 aromatic carbocycles. The van der Waals surface area contributed by atoms with Crippen molar-refractivity contribution in [3.05, 3.63) is 12.7 Å². The highest BCUT2D eigenvalue weighted by atomic mass is 16.1. The molecular weight excluding hydrogens is 126 g/mol. The molecule has 1 N–H and O–H groups in total. The van der Waals surface area contributed by atoms with E-state index in [9.17, 15) is 4.79 Å². The molecule has 0 fully saturated rings. The Hall–Kier alpha value is -0.790. The highest BCUT2D eigenvalue weighted by Gasteiger charge is 1.83. The average Bonchev–Trinajstić information content (AvgIpc) is 1.68. The van der Waals surface area contributed by atoms with Crippen molar-refractivity contribution >= 4 is 5.91 Å². The van der Waals surface area contributed by atoms with Gasteiger partial charge in [0.25, 0.3) is 0 Å². The van der Waals surface area contributed by atoms with Gasteiger partial charge in [-0.25, -0.2) is 0 Å². The SMILES string of the molecule is C.C.C.C=CC(=O)NCC. The Bertz CT molecular complexity index is 79.3. The van der Waals surface area contributed by atoms with Crippen LogP contribution in [-0.2, 0) is 4.79 Å². The number of likely N-dealkylation sites (N-methyl/N-ethyl adjacent to an activating group) is 1. The van der Waals surface area contributed by atoms with Gasteiger partial charge in [-0.1, -0.05) is 28.9 Å². The summed E-state index contributed by atoms with van der Waals surface area (Å²) in [6.45, 7) is 5.80. The average molecular weight is 147 g/mol. The van der Waals surface area contributed by atoms with Crippen LogP contribution in [0.25, 0.3) is 0 Å². The summed E-state index contributed by atoms with van der Waals surface area (Å²) in [5.74, 6) is -0.109. The number of rotatable bonds is 2. The van der Waals surface area contributed by atoms with Crippen molar-refractivity contribution < 1.29 is 4.79 Å². The lowest BCUT2D eigenvalue weighted by molar-refractivity contribution is -0.116. The molecule has 0 rings (SSSR count). The third-order valence-electron chi connectivity index (χ3n) is 0.536. The molecule has 0 aliphatic carbocycles. The van der Waals surface area contributed by atoms with E-state index >= 15 is 0 Å². The molecule has 0 bridgehead atoms. The molecule has 64 valence electrons. The minimum absolute atomic E-state index is 0. The van der Waals surface area contributed by atoms with Gasteiger partial charge in [0.05, 0.1) is 0 Å². The first-order chi connectivity index (χ1) is 3.31. The van der Waals surface area contributed by atoms with Crippen molar-refractivity contribution in [2.24, 2.45) is 0 Å². The van der Waals surface area contributed by atoms with Crippen molar-refractivity contribution in [2.75, 3.05) is 6.54 Å². The van der Waals surface area contributed by atoms with Crippen LogP contribution in [0.5, 0.6) is 0 Å². The number of nitrogens with one attached hydrogen (secondary N) is 1. The number of carbonyl (C=O) groups excluding carboxylic acids is 1. The molecule has 0 saturated carbocycles. The lowest BCUT2D eigenvalue weighted by atomic mass is 10.6. The zero-order chi connectivity index (χ0) is 5.70. The van der Waals surface area contributed by atoms with Crippen molar-refractivity contribution in [3.63, 3.8) is 0 Å². The van der Waals surface area contributed by atoms with Crippen molar-refractivity contribution in [2.45, 2.75) is 29.2 Å². The molecule has 0 aromatic heterocycles. The van der Waals surface area contributed by atoms with E-state index in [-0.39, 0.29) is 28.2 Å². The summed E-state index contributed by atoms with van der Waals surface area (Å²) >= 11 is 0. The fourth-order valence-corrected chi connectivity index (χ4v) is 0.246. The predicted molar refractivity (Wildman–Crippen MR) is 49.1 cm³/mol. The monoisotopic (exact) mass is 147 g/mol. The first kappa shape index (κ1) is 22.9. The lowest BCUT2D eigenvalue weighted by Gasteiger charge is -1.90. The highest BCUT2D eigenvalue weighted by Crippen LogP contribution is 1.61. The molecule has 1 amide bonds. The second kappa shape index (κ2) is 15.7. The van der Waals surface area contributed by atoms with E-state index in [1.165, 1.54) is 6.08 Å². The van der Waals surface area contributed by atoms with Crippen molar-refractivity contribution in [1.82, 2.24) is 5.32 Å². The van der Waals surface area contributed by atoms with E-state index in [1.807, 2.05) is 6.92 Å². The van der Waals surface area contributed by atoms with Crippen LogP contribution in [0.2, 0.25) is 0 Å². The molecule has 0 aliphatic rings. The Balaban J connectivity index is -0.0000000600. The predicted octanol–water partition coefficient (Wildman–Crippen LogP) is 2.22. The van der Waals surface area contributed by atoms with Crippen LogP contribution in [0.1, 0.15) is 29.2 Å². The standard InChI is InChI=1S/C5H9NO.3CH4/c1-3-5(7)6-4-2;;;/h3H,1,4H2,2H3,(H,6,7);3*1H4. The molecule has 0 atom stereocenters. The van der Waals surface area contributed by atoms with Crippen LogP contribution in [0.3, 0.4) is 0 Å². The third-order valence-corrected chi connectivity index (χ3v) is 0.536. The molecule has 0 spiro atoms. The van der Waals surface area contributed by atoms with Crippen molar-refractivity contribution in [1.29, 1.82) is 0 Å². The molecule has 2 nitrogen and oxygen atoms in total. The van der Waals surface area contributed by atoms with Gasteiger partial charge in [-0.05, 0) is 13.0 Å². The quantitative estimate of drug-likeness (QED) is 0.596. The summed E-state index contributed by atoms with van der Waals surface area (Å²) < 4.78 is 0. The molecule has 10 heavy (non-hydrogen) atoms. The van der Waals surface area contributed by atoms with E-state index in [0.29, 0.717) is 6.54 Å². The highest BCUT2D eigenvalue weighted by molar-refractivity contribution is 5.86. The Morgan fingerprint density at radius 1 is 1.50 bits per heavy atom. The smallest absolute Gasteiger partial charge is 0.243 e. The van der Waals surface area contributed by atoms with Gasteiger partial charge in [0.2, 0.25) is 5.91 Å². The molecule has 0 unspecified atom stereocenters. The van der Waals surface area contributed by atoms with Crippen LogP contribution in [0.4, 0.5) is 0 Å². The Kier molecular flexibility index (Phi) is 36.0. The number of carbonyl (C=O) groups is 1. The van der Waals surface area contributed by atoms with E-state index < -0.39 is 0 Å². The zero-order valence-corrected chi connectivity index (χ0v) is 4.40. The second-order valence-corrected chi connectivity index (χ2v) is 1.10. The van der Waals surface area contributed by atoms with Gasteiger partial charge in [0, 0.05) is 6.54 Å². The van der Waals surface area contributed by atoms with Gasteiger partial charge in [0.15, 0.2) is 0 Å². The largest absolute Gasteiger partial charge is 0.353 e. The van der Waals surface area contributed by atoms with E-state index in [1.54, 1.807) is 0 Å². The Morgan fingerprint density at radius 3 is 2.00 bits per heavy atom. The third kappa shape index (κ3) is 15.7. The number of hydrogen-bond acceptors (Lipinski definition) is 1. The lowest BCUT2D eigenvalue weighted by Crippen LogP contribution is -2.19. The molecule has 2 heteroatoms. The van der Waals surface area contributed by atoms with Gasteiger partial charge >= 0.3 is 0 Å². The van der Waals surface area contributed by atoms with E-state index in [0.717, 1.165) is 0 Å². The second-order valence-electron chi connectivity index (χ2n) is 1.10. The summed E-state index contributed by atoms with van der Waals surface area (Å²) in [6, 6.07) is 0. The van der Waals surface area contributed by atoms with Crippen LogP contribution in [0.15, 0.2) is 12.7 Å². The molecule has 0 aromatic rings. The Labute approximate surface area is 65.3 Å². The van der Waals surface area contributed by atoms with Crippen LogP contribution >= 0.6 is 0 Å². The molecule has 0 radical (unpaired) electrons. The molecule has 0 saturated heterocycles. The molecule has 0 heterocycles. The topological polar surface area (TPSA) is 29.1 Å². The maximum atomic E-state index is 10.2. The minimum Gasteiger partial charge on any atom is -0.353 e. The van der Waals surface area contributed by atoms with Gasteiger partial charge in [-0.2, -0.15) is 0 Å². The summed E-state index contributed by atoms with van der Waals surface area (Å²) in [6.07, 6.45) is 1.25. The summed E-state index contributed by atoms with van der Waals surface area (Å²) in [4.78, 5) is 10.2. The first-order valence-corrected chi connectivity index (χ1v) is 2.21. The van der Waals surface area contributed by atoms with E-state index in [4.69, 9.17) is 0 Å². The normalized spacial score (nSPS) is 5.30. The minimum atomic E-state index is -0.109. The van der Waals surface area contributed by atoms with Crippen molar-refractivity contribution in [3.8, 4) is 0 Å². The van der Waals surface area contributed by atoms with Crippen LogP contribution < -0.4 is 5.32 Å². The zero-order valence-electron chi connectivity index (χ0n) is 4.40. The van der Waals surface area contributed by atoms with Gasteiger partial charge in [0.1, 0.15) is 0 Å². The first-order valence-electron chi connectivity index (χ1n) is 2.21.